The summed E-state index contributed by atoms with van der Waals surface area (Å²) in [5, 5.41) is 18.3. The number of nitrogens with one attached hydrogen (secondary N) is 1. The summed E-state index contributed by atoms with van der Waals surface area (Å²) in [6.45, 7) is 0. The lowest BCUT2D eigenvalue weighted by molar-refractivity contribution is 0.0696. The first-order valence-corrected chi connectivity index (χ1v) is 7.90. The summed E-state index contributed by atoms with van der Waals surface area (Å²) < 4.78 is 26.9. The van der Waals surface area contributed by atoms with E-state index in [1.807, 2.05) is 0 Å². The lowest BCUT2D eigenvalue weighted by Gasteiger charge is -2.26. The summed E-state index contributed by atoms with van der Waals surface area (Å²) in [5.74, 6) is -1.10. The highest BCUT2D eigenvalue weighted by atomic mass is 32.2. The van der Waals surface area contributed by atoms with E-state index in [4.69, 9.17) is 5.11 Å². The molecular weight excluding hydrogens is 282 g/mol. The summed E-state index contributed by atoms with van der Waals surface area (Å²) in [5.41, 5.74) is 0.0389. The second kappa shape index (κ2) is 5.90. The second-order valence-corrected chi connectivity index (χ2v) is 6.68. The normalized spacial score (nSPS) is 23.4. The Morgan fingerprint density at radius 1 is 1.20 bits per heavy atom. The quantitative estimate of drug-likeness (QED) is 0.768. The van der Waals surface area contributed by atoms with Crippen LogP contribution < -0.4 is 4.72 Å². The molecule has 0 bridgehead atoms. The van der Waals surface area contributed by atoms with E-state index in [1.165, 1.54) is 24.3 Å². The van der Waals surface area contributed by atoms with Gasteiger partial charge in [-0.3, -0.25) is 0 Å². The number of carboxylic acids is 1. The van der Waals surface area contributed by atoms with Crippen LogP contribution in [0.3, 0.4) is 0 Å². The van der Waals surface area contributed by atoms with Crippen molar-refractivity contribution in [2.24, 2.45) is 0 Å². The molecule has 7 heteroatoms. The molecule has 2 rings (SSSR count). The number of aliphatic hydroxyl groups excluding tert-OH is 1. The molecule has 1 aromatic carbocycles. The number of hydrogen-bond acceptors (Lipinski definition) is 4. The number of hydrogen-bond donors (Lipinski definition) is 3. The van der Waals surface area contributed by atoms with Crippen LogP contribution in [-0.2, 0) is 10.0 Å². The predicted octanol–water partition coefficient (Wildman–Crippen LogP) is 0.967. The predicted molar refractivity (Wildman–Crippen MR) is 72.0 cm³/mol. The highest BCUT2D eigenvalue weighted by Crippen LogP contribution is 2.20. The molecule has 0 heterocycles. The topological polar surface area (TPSA) is 104 Å². The molecule has 1 saturated carbocycles. The number of carbonyl (C=O) groups is 1. The third-order valence-electron chi connectivity index (χ3n) is 3.38. The molecule has 0 aromatic heterocycles. The molecule has 6 nitrogen and oxygen atoms in total. The number of carboxylic acid groups (broad SMARTS) is 1. The van der Waals surface area contributed by atoms with Gasteiger partial charge in [-0.15, -0.1) is 0 Å². The first-order valence-electron chi connectivity index (χ1n) is 6.42. The van der Waals surface area contributed by atoms with E-state index < -0.39 is 22.1 Å². The average Bonchev–Trinajstić information content (AvgIpc) is 2.38. The zero-order chi connectivity index (χ0) is 14.8. The fourth-order valence-corrected chi connectivity index (χ4v) is 3.62. The van der Waals surface area contributed by atoms with Crippen molar-refractivity contribution in [3.05, 3.63) is 29.8 Å². The maximum Gasteiger partial charge on any atom is 0.335 e. The Labute approximate surface area is 117 Å². The van der Waals surface area contributed by atoms with Crippen molar-refractivity contribution < 1.29 is 23.4 Å². The number of rotatable bonds is 4. The Kier molecular flexibility index (Phi) is 4.42. The highest BCUT2D eigenvalue weighted by Gasteiger charge is 2.25. The molecular formula is C13H17NO5S. The van der Waals surface area contributed by atoms with Gasteiger partial charge in [-0.2, -0.15) is 0 Å². The Hall–Kier alpha value is -1.44. The minimum Gasteiger partial charge on any atom is -0.478 e. The number of benzene rings is 1. The largest absolute Gasteiger partial charge is 0.478 e. The number of aliphatic hydroxyl groups is 1. The van der Waals surface area contributed by atoms with Crippen molar-refractivity contribution in [2.45, 2.75) is 42.7 Å². The molecule has 0 aliphatic heterocycles. The van der Waals surface area contributed by atoms with Gasteiger partial charge in [-0.25, -0.2) is 17.9 Å². The van der Waals surface area contributed by atoms with Gasteiger partial charge in [0.15, 0.2) is 0 Å². The summed E-state index contributed by atoms with van der Waals surface area (Å²) in [7, 11) is -3.68. The van der Waals surface area contributed by atoms with Crippen molar-refractivity contribution in [3.63, 3.8) is 0 Å². The van der Waals surface area contributed by atoms with Crippen LogP contribution in [-0.4, -0.2) is 36.7 Å². The molecule has 0 amide bonds. The first kappa shape index (κ1) is 15.0. The van der Waals surface area contributed by atoms with Crippen LogP contribution in [0.2, 0.25) is 0 Å². The molecule has 3 N–H and O–H groups in total. The highest BCUT2D eigenvalue weighted by molar-refractivity contribution is 7.89. The Bertz CT molecular complexity index is 581. The molecule has 2 atom stereocenters. The molecule has 1 aromatic rings. The zero-order valence-corrected chi connectivity index (χ0v) is 11.6. The minimum absolute atomic E-state index is 0.0302. The van der Waals surface area contributed by atoms with E-state index in [-0.39, 0.29) is 16.5 Å². The standard InChI is InChI=1S/C13H17NO5S/c15-11-3-1-2-10(8-11)14-20(18,19)12-6-4-9(5-7-12)13(16)17/h4-7,10-11,14-15H,1-3,8H2,(H,16,17). The third kappa shape index (κ3) is 3.56. The van der Waals surface area contributed by atoms with Crippen LogP contribution in [0.25, 0.3) is 0 Å². The van der Waals surface area contributed by atoms with Crippen molar-refractivity contribution in [1.82, 2.24) is 4.72 Å². The zero-order valence-electron chi connectivity index (χ0n) is 10.8. The van der Waals surface area contributed by atoms with Gasteiger partial charge in [-0.05, 0) is 49.9 Å². The van der Waals surface area contributed by atoms with E-state index in [1.54, 1.807) is 0 Å². The van der Waals surface area contributed by atoms with Crippen molar-refractivity contribution in [1.29, 1.82) is 0 Å². The van der Waals surface area contributed by atoms with Gasteiger partial charge in [0.05, 0.1) is 16.6 Å². The van der Waals surface area contributed by atoms with Gasteiger partial charge in [0, 0.05) is 6.04 Å². The summed E-state index contributed by atoms with van der Waals surface area (Å²) in [6, 6.07) is 4.78. The monoisotopic (exact) mass is 299 g/mol. The fourth-order valence-electron chi connectivity index (χ4n) is 2.34. The Morgan fingerprint density at radius 3 is 2.40 bits per heavy atom. The molecule has 110 valence electrons. The maximum atomic E-state index is 12.1. The van der Waals surface area contributed by atoms with Gasteiger partial charge >= 0.3 is 5.97 Å². The molecule has 0 spiro atoms. The average molecular weight is 299 g/mol. The van der Waals surface area contributed by atoms with Gasteiger partial charge in [0.1, 0.15) is 0 Å². The molecule has 20 heavy (non-hydrogen) atoms. The van der Waals surface area contributed by atoms with Gasteiger partial charge in [0.25, 0.3) is 0 Å². The first-order chi connectivity index (χ1) is 9.38. The lowest BCUT2D eigenvalue weighted by Crippen LogP contribution is -2.39. The van der Waals surface area contributed by atoms with Gasteiger partial charge in [-0.1, -0.05) is 0 Å². The van der Waals surface area contributed by atoms with Gasteiger partial charge < -0.3 is 10.2 Å². The van der Waals surface area contributed by atoms with E-state index in [0.29, 0.717) is 19.3 Å². The maximum absolute atomic E-state index is 12.1. The van der Waals surface area contributed by atoms with Crippen LogP contribution in [0.5, 0.6) is 0 Å². The smallest absolute Gasteiger partial charge is 0.335 e. The van der Waals surface area contributed by atoms with Gasteiger partial charge in [0.2, 0.25) is 10.0 Å². The van der Waals surface area contributed by atoms with E-state index in [9.17, 15) is 18.3 Å². The molecule has 0 saturated heterocycles. The Morgan fingerprint density at radius 2 is 1.85 bits per heavy atom. The molecule has 0 radical (unpaired) electrons. The molecule has 1 aliphatic carbocycles. The molecule has 1 aliphatic rings. The van der Waals surface area contributed by atoms with E-state index in [2.05, 4.69) is 4.72 Å². The molecule has 1 fully saturated rings. The van der Waals surface area contributed by atoms with Crippen LogP contribution in [0.4, 0.5) is 0 Å². The van der Waals surface area contributed by atoms with Crippen molar-refractivity contribution in [2.75, 3.05) is 0 Å². The summed E-state index contributed by atoms with van der Waals surface area (Å²) >= 11 is 0. The van der Waals surface area contributed by atoms with E-state index in [0.717, 1.165) is 6.42 Å². The summed E-state index contributed by atoms with van der Waals surface area (Å²) in [6.07, 6.45) is 2.12. The molecule has 2 unspecified atom stereocenters. The van der Waals surface area contributed by atoms with Crippen molar-refractivity contribution in [3.8, 4) is 0 Å². The fraction of sp³-hybridized carbons (Fsp3) is 0.462. The SMILES string of the molecule is O=C(O)c1ccc(S(=O)(=O)NC2CCCC(O)C2)cc1. The van der Waals surface area contributed by atoms with E-state index >= 15 is 0 Å². The third-order valence-corrected chi connectivity index (χ3v) is 4.92. The number of aromatic carboxylic acids is 1. The van der Waals surface area contributed by atoms with Crippen LogP contribution >= 0.6 is 0 Å². The van der Waals surface area contributed by atoms with Crippen LogP contribution in [0.1, 0.15) is 36.0 Å². The summed E-state index contributed by atoms with van der Waals surface area (Å²) in [4.78, 5) is 10.8. The lowest BCUT2D eigenvalue weighted by atomic mass is 9.94. The second-order valence-electron chi connectivity index (χ2n) is 4.97. The Balaban J connectivity index is 2.11. The van der Waals surface area contributed by atoms with Crippen LogP contribution in [0, 0.1) is 0 Å². The minimum atomic E-state index is -3.68. The van der Waals surface area contributed by atoms with Crippen LogP contribution in [0.15, 0.2) is 29.2 Å². The number of sulfonamides is 1. The van der Waals surface area contributed by atoms with Crippen molar-refractivity contribution >= 4 is 16.0 Å².